The molecule has 0 saturated carbocycles. The smallest absolute Gasteiger partial charge is 0.243 e. The molecule has 116 valence electrons. The van der Waals surface area contributed by atoms with Crippen molar-refractivity contribution < 1.29 is 17.5 Å². The van der Waals surface area contributed by atoms with E-state index in [4.69, 9.17) is 4.74 Å². The van der Waals surface area contributed by atoms with E-state index in [1.54, 1.807) is 0 Å². The van der Waals surface area contributed by atoms with Gasteiger partial charge in [0, 0.05) is 13.1 Å². The summed E-state index contributed by atoms with van der Waals surface area (Å²) >= 11 is 0. The molecule has 1 aliphatic heterocycles. The number of halogens is 1. The number of nitrogens with zero attached hydrogens (tertiary/aromatic N) is 1. The topological polar surface area (TPSA) is 46.6 Å². The van der Waals surface area contributed by atoms with Crippen LogP contribution in [0.5, 0.6) is 5.75 Å². The Balaban J connectivity index is 1.93. The molecular weight excluding hydrogens is 305 g/mol. The van der Waals surface area contributed by atoms with Crippen LogP contribution < -0.4 is 4.74 Å². The Morgan fingerprint density at radius 2 is 1.86 bits per heavy atom. The van der Waals surface area contributed by atoms with Gasteiger partial charge in [-0.3, -0.25) is 0 Å². The maximum atomic E-state index is 13.8. The Hall–Kier alpha value is -1.92. The van der Waals surface area contributed by atoms with Crippen molar-refractivity contribution in [2.75, 3.05) is 13.7 Å². The zero-order chi connectivity index (χ0) is 15.7. The molecule has 0 N–H and O–H groups in total. The number of hydrogen-bond donors (Lipinski definition) is 0. The monoisotopic (exact) mass is 321 g/mol. The van der Waals surface area contributed by atoms with Crippen LogP contribution in [0, 0.1) is 5.82 Å². The Labute approximate surface area is 129 Å². The lowest BCUT2D eigenvalue weighted by Gasteiger charge is -2.28. The van der Waals surface area contributed by atoms with Crippen molar-refractivity contribution in [1.82, 2.24) is 4.31 Å². The Kier molecular flexibility index (Phi) is 3.88. The molecule has 0 aliphatic carbocycles. The molecule has 2 aromatic rings. The summed E-state index contributed by atoms with van der Waals surface area (Å²) in [5.74, 6) is -0.649. The predicted octanol–water partition coefficient (Wildman–Crippen LogP) is 2.58. The summed E-state index contributed by atoms with van der Waals surface area (Å²) in [6.45, 7) is 0.707. The quantitative estimate of drug-likeness (QED) is 0.873. The summed E-state index contributed by atoms with van der Waals surface area (Å²) in [5, 5.41) is 0. The molecule has 0 fully saturated rings. The molecule has 0 amide bonds. The van der Waals surface area contributed by atoms with E-state index < -0.39 is 15.8 Å². The molecule has 0 atom stereocenters. The fraction of sp³-hybridized carbons (Fsp3) is 0.250. The van der Waals surface area contributed by atoms with Gasteiger partial charge in [-0.2, -0.15) is 4.31 Å². The van der Waals surface area contributed by atoms with E-state index in [1.807, 2.05) is 24.3 Å². The van der Waals surface area contributed by atoms with Crippen molar-refractivity contribution in [3.8, 4) is 5.75 Å². The van der Waals surface area contributed by atoms with E-state index in [9.17, 15) is 12.8 Å². The molecule has 6 heteroatoms. The van der Waals surface area contributed by atoms with Crippen LogP contribution >= 0.6 is 0 Å². The predicted molar refractivity (Wildman–Crippen MR) is 80.7 cm³/mol. The normalized spacial score (nSPS) is 15.4. The van der Waals surface area contributed by atoms with E-state index in [2.05, 4.69) is 0 Å². The van der Waals surface area contributed by atoms with E-state index in [1.165, 1.54) is 23.5 Å². The van der Waals surface area contributed by atoms with Gasteiger partial charge in [0.25, 0.3) is 0 Å². The average molecular weight is 321 g/mol. The molecule has 0 spiro atoms. The summed E-state index contributed by atoms with van der Waals surface area (Å²) in [7, 11) is -2.37. The summed E-state index contributed by atoms with van der Waals surface area (Å²) in [6.07, 6.45) is 0.661. The Bertz CT molecular complexity index is 805. The first-order valence-corrected chi connectivity index (χ1v) is 8.37. The summed E-state index contributed by atoms with van der Waals surface area (Å²) in [6, 6.07) is 11.5. The van der Waals surface area contributed by atoms with Crippen LogP contribution in [-0.2, 0) is 23.0 Å². The number of ether oxygens (including phenoxy) is 1. The molecule has 0 unspecified atom stereocenters. The molecule has 0 radical (unpaired) electrons. The van der Waals surface area contributed by atoms with Crippen molar-refractivity contribution in [3.05, 3.63) is 59.4 Å². The lowest BCUT2D eigenvalue weighted by Crippen LogP contribution is -2.35. The molecule has 4 nitrogen and oxygen atoms in total. The highest BCUT2D eigenvalue weighted by Gasteiger charge is 2.28. The second kappa shape index (κ2) is 5.70. The molecule has 1 heterocycles. The largest absolute Gasteiger partial charge is 0.494 e. The number of fused-ring (bicyclic) bond motifs is 1. The number of hydrogen-bond acceptors (Lipinski definition) is 3. The van der Waals surface area contributed by atoms with Gasteiger partial charge in [0.1, 0.15) is 0 Å². The third-order valence-corrected chi connectivity index (χ3v) is 5.70. The van der Waals surface area contributed by atoms with Gasteiger partial charge in [0.2, 0.25) is 10.0 Å². The van der Waals surface area contributed by atoms with Crippen molar-refractivity contribution in [2.24, 2.45) is 0 Å². The van der Waals surface area contributed by atoms with Crippen molar-refractivity contribution in [1.29, 1.82) is 0 Å². The third-order valence-electron chi connectivity index (χ3n) is 3.86. The molecule has 0 bridgehead atoms. The first-order valence-electron chi connectivity index (χ1n) is 6.93. The standard InChI is InChI=1S/C16H16FNO3S/c1-21-16-7-6-14(10-15(16)17)22(19,20)18-9-8-12-4-2-3-5-13(12)11-18/h2-7,10H,8-9,11H2,1H3. The fourth-order valence-corrected chi connectivity index (χ4v) is 4.06. The van der Waals surface area contributed by atoms with E-state index in [-0.39, 0.29) is 10.6 Å². The van der Waals surface area contributed by atoms with Crippen LogP contribution in [0.25, 0.3) is 0 Å². The zero-order valence-corrected chi connectivity index (χ0v) is 12.9. The minimum absolute atomic E-state index is 0.0305. The lowest BCUT2D eigenvalue weighted by molar-refractivity contribution is 0.382. The average Bonchev–Trinajstić information content (AvgIpc) is 2.54. The van der Waals surface area contributed by atoms with Crippen LogP contribution in [0.2, 0.25) is 0 Å². The van der Waals surface area contributed by atoms with Crippen LogP contribution in [-0.4, -0.2) is 26.4 Å². The van der Waals surface area contributed by atoms with Gasteiger partial charge >= 0.3 is 0 Å². The van der Waals surface area contributed by atoms with Crippen LogP contribution in [0.15, 0.2) is 47.4 Å². The minimum atomic E-state index is -3.71. The van der Waals surface area contributed by atoms with Crippen molar-refractivity contribution >= 4 is 10.0 Å². The second-order valence-electron chi connectivity index (χ2n) is 5.15. The summed E-state index contributed by atoms with van der Waals surface area (Å²) in [5.41, 5.74) is 2.15. The molecule has 0 aromatic heterocycles. The Morgan fingerprint density at radius 1 is 1.14 bits per heavy atom. The lowest BCUT2D eigenvalue weighted by atomic mass is 10.0. The Morgan fingerprint density at radius 3 is 2.55 bits per heavy atom. The zero-order valence-electron chi connectivity index (χ0n) is 12.1. The maximum absolute atomic E-state index is 13.8. The van der Waals surface area contributed by atoms with Crippen LogP contribution in [0.1, 0.15) is 11.1 Å². The van der Waals surface area contributed by atoms with Gasteiger partial charge in [0.15, 0.2) is 11.6 Å². The highest BCUT2D eigenvalue weighted by atomic mass is 32.2. The SMILES string of the molecule is COc1ccc(S(=O)(=O)N2CCc3ccccc3C2)cc1F. The fourth-order valence-electron chi connectivity index (χ4n) is 2.63. The number of sulfonamides is 1. The molecule has 3 rings (SSSR count). The van der Waals surface area contributed by atoms with Gasteiger partial charge < -0.3 is 4.74 Å². The molecule has 0 saturated heterocycles. The molecular formula is C16H16FNO3S. The number of benzene rings is 2. The summed E-state index contributed by atoms with van der Waals surface area (Å²) < 4.78 is 45.3. The molecule has 22 heavy (non-hydrogen) atoms. The van der Waals surface area contributed by atoms with Gasteiger partial charge in [-0.1, -0.05) is 24.3 Å². The first kappa shape index (κ1) is 15.0. The number of rotatable bonds is 3. The van der Waals surface area contributed by atoms with Crippen molar-refractivity contribution in [2.45, 2.75) is 17.9 Å². The highest BCUT2D eigenvalue weighted by Crippen LogP contribution is 2.27. The van der Waals surface area contributed by atoms with Gasteiger partial charge in [-0.05, 0) is 35.7 Å². The maximum Gasteiger partial charge on any atom is 0.243 e. The van der Waals surface area contributed by atoms with E-state index in [0.29, 0.717) is 19.5 Å². The van der Waals surface area contributed by atoms with Gasteiger partial charge in [0.05, 0.1) is 12.0 Å². The van der Waals surface area contributed by atoms with E-state index in [0.717, 1.165) is 17.2 Å². The van der Waals surface area contributed by atoms with Crippen LogP contribution in [0.3, 0.4) is 0 Å². The molecule has 2 aromatic carbocycles. The minimum Gasteiger partial charge on any atom is -0.494 e. The first-order chi connectivity index (χ1) is 10.5. The third kappa shape index (κ3) is 2.60. The van der Waals surface area contributed by atoms with Gasteiger partial charge in [-0.25, -0.2) is 12.8 Å². The van der Waals surface area contributed by atoms with Crippen molar-refractivity contribution in [3.63, 3.8) is 0 Å². The van der Waals surface area contributed by atoms with E-state index >= 15 is 0 Å². The van der Waals surface area contributed by atoms with Gasteiger partial charge in [-0.15, -0.1) is 0 Å². The molecule has 1 aliphatic rings. The highest BCUT2D eigenvalue weighted by molar-refractivity contribution is 7.89. The summed E-state index contributed by atoms with van der Waals surface area (Å²) in [4.78, 5) is -0.0508. The van der Waals surface area contributed by atoms with Crippen LogP contribution in [0.4, 0.5) is 4.39 Å². The second-order valence-corrected chi connectivity index (χ2v) is 7.09. The number of methoxy groups -OCH3 is 1.